The molecule has 1 heterocycles. The number of hydrogen-bond acceptors (Lipinski definition) is 6. The van der Waals surface area contributed by atoms with E-state index in [1.165, 1.54) is 18.5 Å². The summed E-state index contributed by atoms with van der Waals surface area (Å²) < 4.78 is 6.07. The van der Waals surface area contributed by atoms with E-state index >= 15 is 0 Å². The van der Waals surface area contributed by atoms with Crippen LogP contribution < -0.4 is 10.1 Å². The van der Waals surface area contributed by atoms with Gasteiger partial charge in [-0.15, -0.1) is 0 Å². The van der Waals surface area contributed by atoms with E-state index < -0.39 is 4.92 Å². The van der Waals surface area contributed by atoms with Gasteiger partial charge in [0.2, 0.25) is 5.88 Å². The smallest absolute Gasteiger partial charge is 0.274 e. The van der Waals surface area contributed by atoms with Crippen molar-refractivity contribution in [3.05, 3.63) is 45.2 Å². The molecule has 0 unspecified atom stereocenters. The lowest BCUT2D eigenvalue weighted by Crippen LogP contribution is -2.00. The molecule has 0 aliphatic rings. The molecule has 1 N–H and O–H groups in total. The van der Waals surface area contributed by atoms with Crippen LogP contribution in [0.5, 0.6) is 11.6 Å². The van der Waals surface area contributed by atoms with Gasteiger partial charge in [-0.25, -0.2) is 9.97 Å². The molecule has 0 aliphatic carbocycles. The molecule has 0 saturated carbocycles. The minimum absolute atomic E-state index is 0.0599. The van der Waals surface area contributed by atoms with Crippen LogP contribution in [-0.2, 0) is 0 Å². The van der Waals surface area contributed by atoms with E-state index in [0.29, 0.717) is 21.9 Å². The summed E-state index contributed by atoms with van der Waals surface area (Å²) in [5.74, 6) is 1.26. The molecule has 2 rings (SSSR count). The first-order valence-electron chi connectivity index (χ1n) is 5.77. The van der Waals surface area contributed by atoms with Crippen LogP contribution in [0.2, 0.25) is 0 Å². The quantitative estimate of drug-likeness (QED) is 0.663. The highest BCUT2D eigenvalue weighted by Crippen LogP contribution is 2.29. The number of benzene rings is 1. The lowest BCUT2D eigenvalue weighted by Gasteiger charge is -2.07. The van der Waals surface area contributed by atoms with Gasteiger partial charge >= 0.3 is 0 Å². The Morgan fingerprint density at radius 1 is 1.35 bits per heavy atom. The van der Waals surface area contributed by atoms with Gasteiger partial charge in [0.05, 0.1) is 11.0 Å². The summed E-state index contributed by atoms with van der Waals surface area (Å²) in [4.78, 5) is 18.3. The fourth-order valence-electron chi connectivity index (χ4n) is 1.51. The molecule has 20 heavy (non-hydrogen) atoms. The van der Waals surface area contributed by atoms with Gasteiger partial charge in [0.15, 0.2) is 0 Å². The number of nitrogens with zero attached hydrogens (tertiary/aromatic N) is 3. The number of halogens is 1. The van der Waals surface area contributed by atoms with Gasteiger partial charge in [-0.1, -0.05) is 15.9 Å². The summed E-state index contributed by atoms with van der Waals surface area (Å²) in [6.07, 6.45) is 1.36. The first-order valence-corrected chi connectivity index (χ1v) is 6.56. The fraction of sp³-hybridized carbons (Fsp3) is 0.167. The second-order valence-electron chi connectivity index (χ2n) is 3.78. The summed E-state index contributed by atoms with van der Waals surface area (Å²) >= 11 is 3.20. The molecule has 0 spiro atoms. The van der Waals surface area contributed by atoms with Gasteiger partial charge in [-0.05, 0) is 13.0 Å². The summed E-state index contributed by atoms with van der Waals surface area (Å²) in [5.41, 5.74) is -0.0599. The first-order chi connectivity index (χ1) is 9.58. The topological polar surface area (TPSA) is 90.2 Å². The second-order valence-corrected chi connectivity index (χ2v) is 4.69. The average molecular weight is 339 g/mol. The highest BCUT2D eigenvalue weighted by molar-refractivity contribution is 9.10. The number of nitro benzene ring substituents is 1. The molecule has 1 aromatic heterocycles. The number of nitro groups is 1. The molecule has 0 bridgehead atoms. The average Bonchev–Trinajstić information content (AvgIpc) is 2.38. The normalized spacial score (nSPS) is 10.1. The van der Waals surface area contributed by atoms with Crippen LogP contribution in [0.3, 0.4) is 0 Å². The second kappa shape index (κ2) is 6.29. The number of anilines is 1. The van der Waals surface area contributed by atoms with E-state index in [4.69, 9.17) is 4.74 Å². The van der Waals surface area contributed by atoms with E-state index in [0.717, 1.165) is 6.54 Å². The Labute approximate surface area is 123 Å². The molecule has 104 valence electrons. The van der Waals surface area contributed by atoms with Crippen molar-refractivity contribution in [2.24, 2.45) is 0 Å². The third kappa shape index (κ3) is 3.64. The van der Waals surface area contributed by atoms with E-state index in [9.17, 15) is 10.1 Å². The molecule has 1 aromatic carbocycles. The molecule has 2 aromatic rings. The molecule has 0 fully saturated rings. The molecular formula is C12H11BrN4O3. The van der Waals surface area contributed by atoms with Crippen molar-refractivity contribution < 1.29 is 9.66 Å². The summed E-state index contributed by atoms with van der Waals surface area (Å²) in [5, 5.41) is 13.8. The van der Waals surface area contributed by atoms with Crippen molar-refractivity contribution in [3.8, 4) is 11.6 Å². The lowest BCUT2D eigenvalue weighted by atomic mass is 10.3. The number of rotatable bonds is 5. The first kappa shape index (κ1) is 14.2. The van der Waals surface area contributed by atoms with Crippen LogP contribution in [-0.4, -0.2) is 21.4 Å². The maximum Gasteiger partial charge on any atom is 0.274 e. The monoisotopic (exact) mass is 338 g/mol. The van der Waals surface area contributed by atoms with Gasteiger partial charge in [0.25, 0.3) is 5.69 Å². The number of hydrogen-bond donors (Lipinski definition) is 1. The zero-order valence-corrected chi connectivity index (χ0v) is 12.1. The molecule has 0 aliphatic heterocycles. The van der Waals surface area contributed by atoms with Crippen molar-refractivity contribution in [3.63, 3.8) is 0 Å². The van der Waals surface area contributed by atoms with Gasteiger partial charge in [-0.2, -0.15) is 0 Å². The van der Waals surface area contributed by atoms with Crippen molar-refractivity contribution in [1.82, 2.24) is 9.97 Å². The molecular weight excluding hydrogens is 328 g/mol. The third-order valence-corrected chi connectivity index (χ3v) is 2.75. The SMILES string of the molecule is CCNc1cc(Oc2cc(Br)cc([N+](=O)[O-])c2)ncn1. The van der Waals surface area contributed by atoms with Gasteiger partial charge in [0.1, 0.15) is 17.9 Å². The van der Waals surface area contributed by atoms with Gasteiger partial charge in [-0.3, -0.25) is 10.1 Å². The predicted molar refractivity (Wildman–Crippen MR) is 77.1 cm³/mol. The Hall–Kier alpha value is -2.22. The van der Waals surface area contributed by atoms with Gasteiger partial charge in [0, 0.05) is 23.2 Å². The summed E-state index contributed by atoms with van der Waals surface area (Å²) in [7, 11) is 0. The van der Waals surface area contributed by atoms with E-state index in [1.807, 2.05) is 6.92 Å². The molecule has 8 heteroatoms. The van der Waals surface area contributed by atoms with E-state index in [1.54, 1.807) is 12.1 Å². The molecule has 0 saturated heterocycles. The highest BCUT2D eigenvalue weighted by Gasteiger charge is 2.10. The van der Waals surface area contributed by atoms with Crippen molar-refractivity contribution in [2.45, 2.75) is 6.92 Å². The molecule has 0 atom stereocenters. The van der Waals surface area contributed by atoms with Crippen LogP contribution in [0.15, 0.2) is 35.1 Å². The predicted octanol–water partition coefficient (Wildman–Crippen LogP) is 3.37. The standard InChI is InChI=1S/C12H11BrN4O3/c1-2-14-11-6-12(16-7-15-11)20-10-4-8(13)3-9(5-10)17(18)19/h3-7H,2H2,1H3,(H,14,15,16). The largest absolute Gasteiger partial charge is 0.439 e. The zero-order chi connectivity index (χ0) is 14.5. The molecule has 0 amide bonds. The molecule has 7 nitrogen and oxygen atoms in total. The number of non-ortho nitro benzene ring substituents is 1. The zero-order valence-electron chi connectivity index (χ0n) is 10.5. The van der Waals surface area contributed by atoms with E-state index in [-0.39, 0.29) is 5.69 Å². The van der Waals surface area contributed by atoms with Crippen LogP contribution in [0.25, 0.3) is 0 Å². The Bertz CT molecular complexity index is 636. The summed E-state index contributed by atoms with van der Waals surface area (Å²) in [6, 6.07) is 5.98. The number of ether oxygens (including phenoxy) is 1. The highest BCUT2D eigenvalue weighted by atomic mass is 79.9. The number of aromatic nitrogens is 2. The minimum atomic E-state index is -0.484. The van der Waals surface area contributed by atoms with Crippen molar-refractivity contribution in [2.75, 3.05) is 11.9 Å². The van der Waals surface area contributed by atoms with Crippen LogP contribution >= 0.6 is 15.9 Å². The van der Waals surface area contributed by atoms with Crippen LogP contribution in [0.4, 0.5) is 11.5 Å². The Morgan fingerprint density at radius 3 is 2.85 bits per heavy atom. The van der Waals surface area contributed by atoms with Crippen LogP contribution in [0.1, 0.15) is 6.92 Å². The fourth-order valence-corrected chi connectivity index (χ4v) is 1.97. The van der Waals surface area contributed by atoms with Crippen molar-refractivity contribution in [1.29, 1.82) is 0 Å². The van der Waals surface area contributed by atoms with Crippen LogP contribution in [0, 0.1) is 10.1 Å². The molecule has 0 radical (unpaired) electrons. The number of nitrogens with one attached hydrogen (secondary N) is 1. The third-order valence-electron chi connectivity index (χ3n) is 2.29. The van der Waals surface area contributed by atoms with Crippen molar-refractivity contribution >= 4 is 27.4 Å². The van der Waals surface area contributed by atoms with Gasteiger partial charge < -0.3 is 10.1 Å². The Balaban J connectivity index is 2.25. The summed E-state index contributed by atoms with van der Waals surface area (Å²) in [6.45, 7) is 2.67. The Morgan fingerprint density at radius 2 is 2.15 bits per heavy atom. The Kier molecular flexibility index (Phi) is 4.46. The maximum atomic E-state index is 10.8. The maximum absolute atomic E-state index is 10.8. The lowest BCUT2D eigenvalue weighted by molar-refractivity contribution is -0.385. The minimum Gasteiger partial charge on any atom is -0.439 e. The van der Waals surface area contributed by atoms with E-state index in [2.05, 4.69) is 31.2 Å².